The highest BCUT2D eigenvalue weighted by atomic mass is 16.5. The van der Waals surface area contributed by atoms with Crippen molar-refractivity contribution in [3.63, 3.8) is 0 Å². The predicted molar refractivity (Wildman–Crippen MR) is 57.8 cm³/mol. The van der Waals surface area contributed by atoms with Crippen LogP contribution in [0.3, 0.4) is 0 Å². The average molecular weight is 210 g/mol. The molecule has 0 bridgehead atoms. The fraction of sp³-hybridized carbons (Fsp3) is 0.375. The Hall–Kier alpha value is -2.05. The lowest BCUT2D eigenvalue weighted by Gasteiger charge is -2.17. The van der Waals surface area contributed by atoms with E-state index in [2.05, 4.69) is 10.1 Å². The second-order valence-corrected chi connectivity index (χ2v) is 2.85. The van der Waals surface area contributed by atoms with E-state index in [0.29, 0.717) is 18.1 Å². The molecule has 7 nitrogen and oxygen atoms in total. The van der Waals surface area contributed by atoms with Gasteiger partial charge in [-0.25, -0.2) is 4.90 Å². The van der Waals surface area contributed by atoms with E-state index < -0.39 is 0 Å². The summed E-state index contributed by atoms with van der Waals surface area (Å²) in [5, 5.41) is 11.1. The monoisotopic (exact) mass is 210 g/mol. The van der Waals surface area contributed by atoms with Crippen LogP contribution >= 0.6 is 0 Å². The van der Waals surface area contributed by atoms with Crippen molar-refractivity contribution in [1.82, 2.24) is 5.16 Å². The Kier molecular flexibility index (Phi) is 3.27. The van der Waals surface area contributed by atoms with E-state index in [-0.39, 0.29) is 11.9 Å². The van der Waals surface area contributed by atoms with E-state index in [1.165, 1.54) is 4.90 Å². The minimum Gasteiger partial charge on any atom is -0.369 e. The van der Waals surface area contributed by atoms with Gasteiger partial charge in [-0.3, -0.25) is 10.4 Å². The van der Waals surface area contributed by atoms with Gasteiger partial charge in [0.05, 0.1) is 0 Å². The van der Waals surface area contributed by atoms with Crippen LogP contribution in [0.1, 0.15) is 12.7 Å². The molecule has 0 atom stereocenters. The molecule has 0 saturated carbocycles. The average Bonchev–Trinajstić information content (AvgIpc) is 2.51. The summed E-state index contributed by atoms with van der Waals surface area (Å²) in [7, 11) is 0. The zero-order valence-corrected chi connectivity index (χ0v) is 8.69. The van der Waals surface area contributed by atoms with Crippen LogP contribution in [-0.2, 0) is 0 Å². The first kappa shape index (κ1) is 11.0. The van der Waals surface area contributed by atoms with E-state index in [1.54, 1.807) is 13.0 Å². The number of nitrogens with zero attached hydrogens (tertiary/aromatic N) is 3. The summed E-state index contributed by atoms with van der Waals surface area (Å²) < 4.78 is 4.87. The van der Waals surface area contributed by atoms with Gasteiger partial charge < -0.3 is 16.0 Å². The van der Waals surface area contributed by atoms with Gasteiger partial charge in [-0.15, -0.1) is 0 Å². The van der Waals surface area contributed by atoms with Crippen molar-refractivity contribution in [2.75, 3.05) is 11.4 Å². The van der Waals surface area contributed by atoms with E-state index in [9.17, 15) is 0 Å². The van der Waals surface area contributed by atoms with Crippen LogP contribution < -0.4 is 16.4 Å². The standard InChI is InChI=1S/C8H14N6O/c1-3-12-8(11)14(7(9)10)6-4-5(2)15-13-6/h4H,3H2,1-2H3,(H3,9,10)(H2,11,12). The highest BCUT2D eigenvalue weighted by molar-refractivity contribution is 6.14. The highest BCUT2D eigenvalue weighted by Gasteiger charge is 2.17. The predicted octanol–water partition coefficient (Wildman–Crippen LogP) is 0.0175. The number of nitrogens with two attached hydrogens (primary N) is 2. The Morgan fingerprint density at radius 3 is 2.73 bits per heavy atom. The molecule has 0 aliphatic rings. The summed E-state index contributed by atoms with van der Waals surface area (Å²) in [6, 6.07) is 1.62. The van der Waals surface area contributed by atoms with E-state index in [1.807, 2.05) is 6.92 Å². The molecule has 0 amide bonds. The summed E-state index contributed by atoms with van der Waals surface area (Å²) in [6.07, 6.45) is 0. The lowest BCUT2D eigenvalue weighted by molar-refractivity contribution is 0.399. The minimum atomic E-state index is -0.252. The molecule has 0 spiro atoms. The molecule has 15 heavy (non-hydrogen) atoms. The van der Waals surface area contributed by atoms with Crippen LogP contribution in [0.25, 0.3) is 0 Å². The lowest BCUT2D eigenvalue weighted by atomic mass is 10.4. The third kappa shape index (κ3) is 2.46. The maximum Gasteiger partial charge on any atom is 0.204 e. The number of aromatic nitrogens is 1. The molecular weight excluding hydrogens is 196 g/mol. The molecule has 0 unspecified atom stereocenters. The molecule has 0 saturated heterocycles. The first-order valence-electron chi connectivity index (χ1n) is 4.43. The Morgan fingerprint density at radius 2 is 2.33 bits per heavy atom. The number of aryl methyl sites for hydroxylation is 1. The van der Waals surface area contributed by atoms with Crippen molar-refractivity contribution in [3.05, 3.63) is 11.8 Å². The topological polar surface area (TPSA) is 118 Å². The molecule has 0 fully saturated rings. The molecule has 1 aromatic rings. The Labute approximate surface area is 87.2 Å². The SMILES string of the molecule is CCN=C(N)N(C(=N)N)c1cc(C)on1. The number of aliphatic imine (C=N–C) groups is 1. The van der Waals surface area contributed by atoms with Gasteiger partial charge in [0, 0.05) is 12.6 Å². The maximum absolute atomic E-state index is 7.37. The zero-order valence-electron chi connectivity index (χ0n) is 8.69. The van der Waals surface area contributed by atoms with Crippen molar-refractivity contribution in [2.24, 2.45) is 16.5 Å². The van der Waals surface area contributed by atoms with Gasteiger partial charge in [-0.05, 0) is 13.8 Å². The van der Waals surface area contributed by atoms with E-state index in [4.69, 9.17) is 21.4 Å². The van der Waals surface area contributed by atoms with Gasteiger partial charge in [-0.1, -0.05) is 5.16 Å². The molecule has 0 aliphatic heterocycles. The molecule has 1 heterocycles. The maximum atomic E-state index is 7.37. The smallest absolute Gasteiger partial charge is 0.204 e. The Balaban J connectivity index is 3.03. The van der Waals surface area contributed by atoms with Gasteiger partial charge in [0.2, 0.25) is 11.9 Å². The van der Waals surface area contributed by atoms with Gasteiger partial charge in [-0.2, -0.15) is 0 Å². The van der Waals surface area contributed by atoms with Crippen molar-refractivity contribution in [3.8, 4) is 0 Å². The Bertz CT molecular complexity index is 382. The number of hydrogen-bond donors (Lipinski definition) is 3. The molecule has 7 heteroatoms. The second-order valence-electron chi connectivity index (χ2n) is 2.85. The summed E-state index contributed by atoms with van der Waals surface area (Å²) >= 11 is 0. The number of rotatable bonds is 2. The minimum absolute atomic E-state index is 0.123. The third-order valence-electron chi connectivity index (χ3n) is 1.63. The van der Waals surface area contributed by atoms with Gasteiger partial charge in [0.1, 0.15) is 5.76 Å². The molecule has 0 aliphatic carbocycles. The third-order valence-corrected chi connectivity index (χ3v) is 1.63. The summed E-state index contributed by atoms with van der Waals surface area (Å²) in [4.78, 5) is 5.16. The van der Waals surface area contributed by atoms with Crippen molar-refractivity contribution < 1.29 is 4.52 Å². The first-order chi connectivity index (χ1) is 7.06. The fourth-order valence-corrected chi connectivity index (χ4v) is 1.06. The molecule has 0 radical (unpaired) electrons. The molecule has 82 valence electrons. The molecule has 0 aromatic carbocycles. The summed E-state index contributed by atoms with van der Waals surface area (Å²) in [5.41, 5.74) is 11.0. The van der Waals surface area contributed by atoms with Gasteiger partial charge >= 0.3 is 0 Å². The van der Waals surface area contributed by atoms with Gasteiger partial charge in [0.25, 0.3) is 0 Å². The van der Waals surface area contributed by atoms with Crippen LogP contribution in [0, 0.1) is 12.3 Å². The highest BCUT2D eigenvalue weighted by Crippen LogP contribution is 2.12. The van der Waals surface area contributed by atoms with Crippen LogP contribution in [0.15, 0.2) is 15.6 Å². The van der Waals surface area contributed by atoms with E-state index >= 15 is 0 Å². The quantitative estimate of drug-likeness (QED) is 0.469. The normalized spacial score (nSPS) is 11.5. The van der Waals surface area contributed by atoms with Gasteiger partial charge in [0.15, 0.2) is 5.82 Å². The van der Waals surface area contributed by atoms with Crippen molar-refractivity contribution in [1.29, 1.82) is 5.41 Å². The van der Waals surface area contributed by atoms with Crippen LogP contribution in [-0.4, -0.2) is 23.6 Å². The molecule has 1 aromatic heterocycles. The zero-order chi connectivity index (χ0) is 11.4. The summed E-state index contributed by atoms with van der Waals surface area (Å²) in [6.45, 7) is 4.08. The van der Waals surface area contributed by atoms with Crippen LogP contribution in [0.5, 0.6) is 0 Å². The van der Waals surface area contributed by atoms with Crippen LogP contribution in [0.2, 0.25) is 0 Å². The molecule has 5 N–H and O–H groups in total. The number of anilines is 1. The number of guanidine groups is 2. The second kappa shape index (κ2) is 4.45. The fourth-order valence-electron chi connectivity index (χ4n) is 1.06. The molecular formula is C8H14N6O. The van der Waals surface area contributed by atoms with Crippen molar-refractivity contribution in [2.45, 2.75) is 13.8 Å². The lowest BCUT2D eigenvalue weighted by Crippen LogP contribution is -2.46. The summed E-state index contributed by atoms with van der Waals surface area (Å²) in [5.74, 6) is 0.839. The first-order valence-corrected chi connectivity index (χ1v) is 4.43. The number of nitrogens with one attached hydrogen (secondary N) is 1. The molecule has 1 rings (SSSR count). The van der Waals surface area contributed by atoms with E-state index in [0.717, 1.165) is 0 Å². The van der Waals surface area contributed by atoms with Crippen molar-refractivity contribution >= 4 is 17.7 Å². The largest absolute Gasteiger partial charge is 0.369 e. The van der Waals surface area contributed by atoms with Crippen LogP contribution in [0.4, 0.5) is 5.82 Å². The Morgan fingerprint density at radius 1 is 1.67 bits per heavy atom. The number of hydrogen-bond acceptors (Lipinski definition) is 4.